The van der Waals surface area contributed by atoms with Crippen LogP contribution in [0.4, 0.5) is 0 Å². The summed E-state index contributed by atoms with van der Waals surface area (Å²) in [6.45, 7) is 0.379. The first kappa shape index (κ1) is 20.3. The summed E-state index contributed by atoms with van der Waals surface area (Å²) in [5.74, 6) is 4.18. The third-order valence-corrected chi connectivity index (χ3v) is 8.22. The summed E-state index contributed by atoms with van der Waals surface area (Å²) in [6, 6.07) is 16.4. The molecule has 0 radical (unpaired) electrons. The summed E-state index contributed by atoms with van der Waals surface area (Å²) < 4.78 is 7.80. The van der Waals surface area contributed by atoms with Crippen LogP contribution in [0, 0.1) is 17.8 Å². The fraction of sp³-hybridized carbons (Fsp3) is 0.519. The number of aliphatic hydroxyl groups is 2. The number of hydrogen-bond donors (Lipinski definition) is 2. The number of ether oxygens (including phenoxy) is 1. The molecule has 4 fully saturated rings. The first-order valence-corrected chi connectivity index (χ1v) is 12.1. The van der Waals surface area contributed by atoms with E-state index in [9.17, 15) is 10.2 Å². The Labute approximate surface area is 189 Å². The van der Waals surface area contributed by atoms with E-state index >= 15 is 0 Å². The van der Waals surface area contributed by atoms with E-state index in [2.05, 4.69) is 29.2 Å². The van der Waals surface area contributed by atoms with Gasteiger partial charge >= 0.3 is 0 Å². The van der Waals surface area contributed by atoms with Crippen LogP contribution in [-0.2, 0) is 18.6 Å². The van der Waals surface area contributed by atoms with Crippen molar-refractivity contribution in [1.29, 1.82) is 0 Å². The van der Waals surface area contributed by atoms with Gasteiger partial charge in [0, 0.05) is 0 Å². The fourth-order valence-electron chi connectivity index (χ4n) is 7.27. The smallest absolute Gasteiger partial charge is 0.135 e. The van der Waals surface area contributed by atoms with Crippen molar-refractivity contribution in [3.05, 3.63) is 59.9 Å². The lowest BCUT2D eigenvalue weighted by Crippen LogP contribution is -2.48. The van der Waals surface area contributed by atoms with Gasteiger partial charge in [0.05, 0.1) is 17.6 Å². The Morgan fingerprint density at radius 3 is 2.28 bits per heavy atom. The second-order valence-corrected chi connectivity index (χ2v) is 10.5. The van der Waals surface area contributed by atoms with Crippen molar-refractivity contribution in [3.8, 4) is 5.75 Å². The van der Waals surface area contributed by atoms with Crippen molar-refractivity contribution in [3.63, 3.8) is 0 Å². The van der Waals surface area contributed by atoms with Crippen molar-refractivity contribution < 1.29 is 14.9 Å². The van der Waals surface area contributed by atoms with Gasteiger partial charge in [-0.25, -0.2) is 4.98 Å². The minimum atomic E-state index is -0.694. The van der Waals surface area contributed by atoms with Gasteiger partial charge in [0.1, 0.15) is 30.9 Å². The number of nitrogens with zero attached hydrogens (tertiary/aromatic N) is 2. The van der Waals surface area contributed by atoms with Crippen LogP contribution < -0.4 is 4.74 Å². The van der Waals surface area contributed by atoms with E-state index in [1.165, 1.54) is 44.1 Å². The summed E-state index contributed by atoms with van der Waals surface area (Å²) in [6.07, 6.45) is 7.78. The van der Waals surface area contributed by atoms with Gasteiger partial charge in [0.2, 0.25) is 0 Å². The monoisotopic (exact) mass is 432 g/mol. The molecule has 5 heteroatoms. The SMILES string of the molecule is OCc1nc2ccccc2n1CC(O)COc1ccc(C23CC4CC(CC(C4)C2)C3)cc1. The van der Waals surface area contributed by atoms with Gasteiger partial charge in [-0.3, -0.25) is 0 Å². The highest BCUT2D eigenvalue weighted by Crippen LogP contribution is 2.60. The van der Waals surface area contributed by atoms with Gasteiger partial charge in [0.25, 0.3) is 0 Å². The molecule has 0 amide bonds. The average Bonchev–Trinajstić information content (AvgIpc) is 3.15. The second kappa shape index (κ2) is 7.89. The number of aromatic nitrogens is 2. The van der Waals surface area contributed by atoms with Gasteiger partial charge in [-0.1, -0.05) is 24.3 Å². The minimum Gasteiger partial charge on any atom is -0.491 e. The summed E-state index contributed by atoms with van der Waals surface area (Å²) in [5, 5.41) is 20.3. The van der Waals surface area contributed by atoms with Crippen LogP contribution in [0.5, 0.6) is 5.75 Å². The largest absolute Gasteiger partial charge is 0.491 e. The molecular formula is C27H32N2O3. The van der Waals surface area contributed by atoms with Gasteiger partial charge in [0.15, 0.2) is 0 Å². The third-order valence-electron chi connectivity index (χ3n) is 8.22. The lowest BCUT2D eigenvalue weighted by atomic mass is 9.48. The summed E-state index contributed by atoms with van der Waals surface area (Å²) in [4.78, 5) is 4.45. The van der Waals surface area contributed by atoms with E-state index in [0.29, 0.717) is 17.8 Å². The second-order valence-electron chi connectivity index (χ2n) is 10.5. The average molecular weight is 433 g/mol. The maximum Gasteiger partial charge on any atom is 0.135 e. The van der Waals surface area contributed by atoms with Crippen molar-refractivity contribution in [2.75, 3.05) is 6.61 Å². The number of aliphatic hydroxyl groups excluding tert-OH is 2. The molecule has 7 rings (SSSR count). The predicted octanol–water partition coefficient (Wildman–Crippen LogP) is 4.44. The lowest BCUT2D eigenvalue weighted by molar-refractivity contribution is -0.00522. The van der Waals surface area contributed by atoms with Gasteiger partial charge in [-0.15, -0.1) is 0 Å². The standard InChI is InChI=1S/C27H32N2O3/c30-16-26-28-24-3-1-2-4-25(24)29(26)15-22(31)17-32-23-7-5-21(6-8-23)27-12-18-9-19(13-27)11-20(10-18)14-27/h1-8,18-20,22,30-31H,9-17H2. The molecule has 1 heterocycles. The molecule has 2 N–H and O–H groups in total. The molecule has 4 saturated carbocycles. The van der Waals surface area contributed by atoms with Gasteiger partial charge in [-0.2, -0.15) is 0 Å². The Bertz CT molecular complexity index is 1070. The van der Waals surface area contributed by atoms with Gasteiger partial charge < -0.3 is 19.5 Å². The molecule has 4 aliphatic rings. The Morgan fingerprint density at radius 2 is 1.62 bits per heavy atom. The molecule has 168 valence electrons. The molecule has 2 aromatic carbocycles. The number of imidazole rings is 1. The Kier molecular flexibility index (Phi) is 4.99. The topological polar surface area (TPSA) is 67.5 Å². The van der Waals surface area contributed by atoms with Crippen LogP contribution in [0.1, 0.15) is 49.9 Å². The zero-order valence-electron chi connectivity index (χ0n) is 18.5. The predicted molar refractivity (Wildman–Crippen MR) is 123 cm³/mol. The Balaban J connectivity index is 1.11. The Morgan fingerprint density at radius 1 is 0.969 bits per heavy atom. The summed E-state index contributed by atoms with van der Waals surface area (Å²) in [5.41, 5.74) is 3.62. The van der Waals surface area contributed by atoms with Crippen molar-refractivity contribution in [2.24, 2.45) is 17.8 Å². The first-order chi connectivity index (χ1) is 15.6. The first-order valence-electron chi connectivity index (χ1n) is 12.1. The van der Waals surface area contributed by atoms with E-state index in [4.69, 9.17) is 4.74 Å². The van der Waals surface area contributed by atoms with Crippen LogP contribution >= 0.6 is 0 Å². The number of fused-ring (bicyclic) bond motifs is 1. The van der Waals surface area contributed by atoms with Crippen LogP contribution in [0.15, 0.2) is 48.5 Å². The highest BCUT2D eigenvalue weighted by atomic mass is 16.5. The molecule has 1 atom stereocenters. The van der Waals surface area contributed by atoms with Crippen LogP contribution in [0.3, 0.4) is 0 Å². The highest BCUT2D eigenvalue weighted by Gasteiger charge is 2.51. The maximum absolute atomic E-state index is 10.6. The van der Waals surface area contributed by atoms with E-state index in [0.717, 1.165) is 34.5 Å². The molecule has 1 unspecified atom stereocenters. The number of para-hydroxylation sites is 2. The van der Waals surface area contributed by atoms with Crippen molar-refractivity contribution in [2.45, 2.75) is 63.2 Å². The maximum atomic E-state index is 10.6. The van der Waals surface area contributed by atoms with Crippen LogP contribution in [0.2, 0.25) is 0 Å². The molecule has 4 aliphatic carbocycles. The van der Waals surface area contributed by atoms with E-state index in [-0.39, 0.29) is 13.2 Å². The molecule has 0 aliphatic heterocycles. The number of hydrogen-bond acceptors (Lipinski definition) is 4. The third kappa shape index (κ3) is 3.52. The molecule has 1 aromatic heterocycles. The molecule has 3 aromatic rings. The fourth-order valence-corrected chi connectivity index (χ4v) is 7.27. The molecule has 0 spiro atoms. The number of benzene rings is 2. The van der Waals surface area contributed by atoms with E-state index in [1.807, 2.05) is 28.8 Å². The lowest BCUT2D eigenvalue weighted by Gasteiger charge is -2.57. The highest BCUT2D eigenvalue weighted by molar-refractivity contribution is 5.75. The molecular weight excluding hydrogens is 400 g/mol. The van der Waals surface area contributed by atoms with Crippen LogP contribution in [-0.4, -0.2) is 32.5 Å². The van der Waals surface area contributed by atoms with Crippen molar-refractivity contribution >= 4 is 11.0 Å². The normalized spacial score (nSPS) is 29.5. The molecule has 5 nitrogen and oxygen atoms in total. The van der Waals surface area contributed by atoms with E-state index in [1.54, 1.807) is 0 Å². The zero-order valence-corrected chi connectivity index (χ0v) is 18.5. The number of rotatable bonds is 7. The minimum absolute atomic E-state index is 0.159. The Hall–Kier alpha value is -2.37. The molecule has 4 bridgehead atoms. The summed E-state index contributed by atoms with van der Waals surface area (Å²) in [7, 11) is 0. The summed E-state index contributed by atoms with van der Waals surface area (Å²) >= 11 is 0. The van der Waals surface area contributed by atoms with E-state index < -0.39 is 6.10 Å². The van der Waals surface area contributed by atoms with Crippen molar-refractivity contribution in [1.82, 2.24) is 9.55 Å². The molecule has 0 saturated heterocycles. The quantitative estimate of drug-likeness (QED) is 0.579. The van der Waals surface area contributed by atoms with Gasteiger partial charge in [-0.05, 0) is 91.5 Å². The van der Waals surface area contributed by atoms with Crippen LogP contribution in [0.25, 0.3) is 11.0 Å². The zero-order chi connectivity index (χ0) is 21.7. The molecule has 32 heavy (non-hydrogen) atoms.